The van der Waals surface area contributed by atoms with Gasteiger partial charge in [0.05, 0.1) is 5.69 Å². The van der Waals surface area contributed by atoms with Gasteiger partial charge in [-0.05, 0) is 37.1 Å². The number of anilines is 1. The molecule has 0 bridgehead atoms. The maximum Gasteiger partial charge on any atom is 0.242 e. The Balaban J connectivity index is 2.28. The average Bonchev–Trinajstić information content (AvgIpc) is 2.39. The van der Waals surface area contributed by atoms with Gasteiger partial charge in [-0.1, -0.05) is 25.5 Å². The van der Waals surface area contributed by atoms with Crippen LogP contribution in [0.15, 0.2) is 36.2 Å². The predicted octanol–water partition coefficient (Wildman–Crippen LogP) is 2.35. The fourth-order valence-electron chi connectivity index (χ4n) is 2.18. The van der Waals surface area contributed by atoms with E-state index in [9.17, 15) is 9.59 Å². The van der Waals surface area contributed by atoms with Crippen molar-refractivity contribution in [3.05, 3.63) is 41.7 Å². The number of amides is 2. The average molecular weight is 258 g/mol. The Kier molecular flexibility index (Phi) is 4.00. The maximum absolute atomic E-state index is 12.0. The Bertz CT molecular complexity index is 517. The molecule has 1 heterocycles. The number of nitrogens with one attached hydrogen (secondary N) is 1. The summed E-state index contributed by atoms with van der Waals surface area (Å²) in [4.78, 5) is 24.9. The first-order valence-corrected chi connectivity index (χ1v) is 6.53. The van der Waals surface area contributed by atoms with Crippen LogP contribution in [0.1, 0.15) is 32.3 Å². The van der Waals surface area contributed by atoms with Crippen LogP contribution in [-0.2, 0) is 16.0 Å². The third-order valence-electron chi connectivity index (χ3n) is 3.08. The number of hydrogen-bond acceptors (Lipinski definition) is 2. The smallest absolute Gasteiger partial charge is 0.242 e. The fraction of sp³-hybridized carbons (Fsp3) is 0.333. The van der Waals surface area contributed by atoms with Gasteiger partial charge in [0.1, 0.15) is 12.2 Å². The molecule has 19 heavy (non-hydrogen) atoms. The first-order valence-electron chi connectivity index (χ1n) is 6.53. The summed E-state index contributed by atoms with van der Waals surface area (Å²) in [6.45, 7) is 3.93. The zero-order valence-corrected chi connectivity index (χ0v) is 11.3. The molecular weight excluding hydrogens is 240 g/mol. The topological polar surface area (TPSA) is 49.4 Å². The van der Waals surface area contributed by atoms with E-state index < -0.39 is 0 Å². The summed E-state index contributed by atoms with van der Waals surface area (Å²) < 4.78 is 0. The second-order valence-electron chi connectivity index (χ2n) is 4.54. The van der Waals surface area contributed by atoms with E-state index in [1.165, 1.54) is 5.56 Å². The SMILES string of the molecule is C/C=C1/NC(=O)CC(=O)N1c1ccc(CCC)cc1. The van der Waals surface area contributed by atoms with E-state index in [1.807, 2.05) is 24.3 Å². The van der Waals surface area contributed by atoms with Gasteiger partial charge in [0.25, 0.3) is 0 Å². The maximum atomic E-state index is 12.0. The minimum Gasteiger partial charge on any atom is -0.312 e. The standard InChI is InChI=1S/C15H18N2O2/c1-3-5-11-6-8-12(9-7-11)17-13(4-2)16-14(18)10-15(17)19/h4,6-9H,3,5,10H2,1-2H3,(H,16,18)/b13-4-. The van der Waals surface area contributed by atoms with Crippen molar-refractivity contribution in [2.75, 3.05) is 4.90 Å². The molecule has 0 radical (unpaired) electrons. The molecular formula is C15H18N2O2. The molecule has 2 amide bonds. The molecule has 4 heteroatoms. The van der Waals surface area contributed by atoms with E-state index in [1.54, 1.807) is 17.9 Å². The molecule has 0 aromatic heterocycles. The van der Waals surface area contributed by atoms with Gasteiger partial charge in [0, 0.05) is 0 Å². The van der Waals surface area contributed by atoms with Crippen LogP contribution < -0.4 is 10.2 Å². The van der Waals surface area contributed by atoms with Crippen LogP contribution in [0.4, 0.5) is 5.69 Å². The third kappa shape index (κ3) is 2.84. The van der Waals surface area contributed by atoms with Crippen LogP contribution in [0, 0.1) is 0 Å². The minimum absolute atomic E-state index is 0.103. The molecule has 0 aliphatic carbocycles. The van der Waals surface area contributed by atoms with Gasteiger partial charge in [-0.25, -0.2) is 0 Å². The van der Waals surface area contributed by atoms with E-state index >= 15 is 0 Å². The van der Waals surface area contributed by atoms with Crippen LogP contribution in [0.5, 0.6) is 0 Å². The number of aryl methyl sites for hydroxylation is 1. The lowest BCUT2D eigenvalue weighted by Gasteiger charge is -2.29. The number of carbonyl (C=O) groups is 2. The van der Waals surface area contributed by atoms with E-state index in [2.05, 4.69) is 12.2 Å². The van der Waals surface area contributed by atoms with Crippen molar-refractivity contribution in [2.24, 2.45) is 0 Å². The highest BCUT2D eigenvalue weighted by Crippen LogP contribution is 2.23. The summed E-state index contributed by atoms with van der Waals surface area (Å²) in [5.74, 6) is 0.0848. The molecule has 0 unspecified atom stereocenters. The van der Waals surface area contributed by atoms with Gasteiger partial charge < -0.3 is 5.32 Å². The van der Waals surface area contributed by atoms with Crippen molar-refractivity contribution in [3.8, 4) is 0 Å². The highest BCUT2D eigenvalue weighted by Gasteiger charge is 2.28. The molecule has 0 saturated carbocycles. The Labute approximate surface area is 113 Å². The molecule has 4 nitrogen and oxygen atoms in total. The van der Waals surface area contributed by atoms with Gasteiger partial charge in [-0.2, -0.15) is 0 Å². The molecule has 100 valence electrons. The first kappa shape index (κ1) is 13.3. The molecule has 2 rings (SSSR count). The van der Waals surface area contributed by atoms with Gasteiger partial charge in [-0.3, -0.25) is 14.5 Å². The number of nitrogens with zero attached hydrogens (tertiary/aromatic N) is 1. The molecule has 0 spiro atoms. The van der Waals surface area contributed by atoms with Gasteiger partial charge in [-0.15, -0.1) is 0 Å². The monoisotopic (exact) mass is 258 g/mol. The quantitative estimate of drug-likeness (QED) is 0.846. The van der Waals surface area contributed by atoms with Gasteiger partial charge >= 0.3 is 0 Å². The van der Waals surface area contributed by atoms with Crippen LogP contribution in [-0.4, -0.2) is 11.8 Å². The highest BCUT2D eigenvalue weighted by atomic mass is 16.2. The summed E-state index contributed by atoms with van der Waals surface area (Å²) in [7, 11) is 0. The van der Waals surface area contributed by atoms with Crippen molar-refractivity contribution in [1.29, 1.82) is 0 Å². The summed E-state index contributed by atoms with van der Waals surface area (Å²) in [5.41, 5.74) is 2.04. The van der Waals surface area contributed by atoms with Gasteiger partial charge in [0.15, 0.2) is 0 Å². The number of hydrogen-bond donors (Lipinski definition) is 1. The molecule has 1 aromatic carbocycles. The van der Waals surface area contributed by atoms with E-state index in [0.29, 0.717) is 5.82 Å². The van der Waals surface area contributed by atoms with E-state index in [0.717, 1.165) is 18.5 Å². The zero-order valence-electron chi connectivity index (χ0n) is 11.3. The van der Waals surface area contributed by atoms with Crippen molar-refractivity contribution in [3.63, 3.8) is 0 Å². The minimum atomic E-state index is -0.253. The normalized spacial score (nSPS) is 17.8. The zero-order chi connectivity index (χ0) is 13.8. The van der Waals surface area contributed by atoms with Crippen LogP contribution in [0.2, 0.25) is 0 Å². The molecule has 1 fully saturated rings. The van der Waals surface area contributed by atoms with Gasteiger partial charge in [0.2, 0.25) is 11.8 Å². The Morgan fingerprint density at radius 2 is 1.95 bits per heavy atom. The largest absolute Gasteiger partial charge is 0.312 e. The lowest BCUT2D eigenvalue weighted by molar-refractivity contribution is -0.129. The van der Waals surface area contributed by atoms with Crippen LogP contribution in [0.3, 0.4) is 0 Å². The number of carbonyl (C=O) groups excluding carboxylic acids is 2. The summed E-state index contributed by atoms with van der Waals surface area (Å²) in [6.07, 6.45) is 3.75. The number of rotatable bonds is 3. The van der Waals surface area contributed by atoms with Crippen molar-refractivity contribution < 1.29 is 9.59 Å². The van der Waals surface area contributed by atoms with Crippen molar-refractivity contribution in [1.82, 2.24) is 5.32 Å². The third-order valence-corrected chi connectivity index (χ3v) is 3.08. The summed E-state index contributed by atoms with van der Waals surface area (Å²) >= 11 is 0. The number of allylic oxidation sites excluding steroid dienone is 1. The second-order valence-corrected chi connectivity index (χ2v) is 4.54. The molecule has 1 N–H and O–H groups in total. The summed E-state index contributed by atoms with van der Waals surface area (Å²) in [5, 5.41) is 2.71. The fourth-order valence-corrected chi connectivity index (χ4v) is 2.18. The Morgan fingerprint density at radius 1 is 1.26 bits per heavy atom. The predicted molar refractivity (Wildman–Crippen MR) is 74.4 cm³/mol. The Morgan fingerprint density at radius 3 is 2.53 bits per heavy atom. The molecule has 1 aromatic rings. The van der Waals surface area contributed by atoms with Crippen LogP contribution in [0.25, 0.3) is 0 Å². The number of benzene rings is 1. The Hall–Kier alpha value is -2.10. The molecule has 1 saturated heterocycles. The molecule has 1 aliphatic heterocycles. The van der Waals surface area contributed by atoms with Crippen LogP contribution >= 0.6 is 0 Å². The van der Waals surface area contributed by atoms with E-state index in [4.69, 9.17) is 0 Å². The second kappa shape index (κ2) is 5.69. The van der Waals surface area contributed by atoms with E-state index in [-0.39, 0.29) is 18.2 Å². The molecule has 0 atom stereocenters. The van der Waals surface area contributed by atoms with Crippen molar-refractivity contribution >= 4 is 17.5 Å². The highest BCUT2D eigenvalue weighted by molar-refractivity contribution is 6.10. The first-order chi connectivity index (χ1) is 9.15. The van der Waals surface area contributed by atoms with Crippen molar-refractivity contribution in [2.45, 2.75) is 33.1 Å². The molecule has 1 aliphatic rings. The lowest BCUT2D eigenvalue weighted by atomic mass is 10.1. The summed E-state index contributed by atoms with van der Waals surface area (Å²) in [6, 6.07) is 7.89. The lowest BCUT2D eigenvalue weighted by Crippen LogP contribution is -2.46.